The van der Waals surface area contributed by atoms with Crippen LogP contribution >= 0.6 is 0 Å². The summed E-state index contributed by atoms with van der Waals surface area (Å²) in [4.78, 5) is 25.5. The highest BCUT2D eigenvalue weighted by Gasteiger charge is 2.41. The topological polar surface area (TPSA) is 57.6 Å². The minimum Gasteiger partial charge on any atom is -0.481 e. The Morgan fingerprint density at radius 1 is 1.26 bits per heavy atom. The highest BCUT2D eigenvalue weighted by Crippen LogP contribution is 2.37. The highest BCUT2D eigenvalue weighted by molar-refractivity contribution is 5.78. The monoisotopic (exact) mass is 267 g/mol. The molecule has 4 nitrogen and oxygen atoms in total. The van der Waals surface area contributed by atoms with E-state index in [-0.39, 0.29) is 5.91 Å². The fourth-order valence-electron chi connectivity index (χ4n) is 3.31. The van der Waals surface area contributed by atoms with Gasteiger partial charge in [0.2, 0.25) is 5.91 Å². The molecule has 1 N–H and O–H groups in total. The normalized spacial score (nSPS) is 22.9. The van der Waals surface area contributed by atoms with Gasteiger partial charge in [0.05, 0.1) is 5.41 Å². The zero-order valence-electron chi connectivity index (χ0n) is 11.9. The van der Waals surface area contributed by atoms with Crippen LogP contribution < -0.4 is 0 Å². The van der Waals surface area contributed by atoms with Crippen molar-refractivity contribution in [3.63, 3.8) is 0 Å². The number of rotatable bonds is 5. The molecule has 1 saturated carbocycles. The molecule has 0 aromatic rings. The van der Waals surface area contributed by atoms with Gasteiger partial charge in [0, 0.05) is 19.5 Å². The minimum atomic E-state index is -0.680. The second kappa shape index (κ2) is 5.93. The molecule has 2 aliphatic rings. The van der Waals surface area contributed by atoms with Crippen molar-refractivity contribution in [1.29, 1.82) is 0 Å². The SMILES string of the molecule is CCCC1(C(=O)O)CCN(C(=O)CC2CCC2)CC1. The number of aliphatic carboxylic acids is 1. The summed E-state index contributed by atoms with van der Waals surface area (Å²) < 4.78 is 0. The van der Waals surface area contributed by atoms with Gasteiger partial charge in [-0.05, 0) is 38.0 Å². The fourth-order valence-corrected chi connectivity index (χ4v) is 3.31. The third kappa shape index (κ3) is 3.10. The van der Waals surface area contributed by atoms with E-state index in [0.29, 0.717) is 38.3 Å². The van der Waals surface area contributed by atoms with Gasteiger partial charge in [0.1, 0.15) is 0 Å². The summed E-state index contributed by atoms with van der Waals surface area (Å²) in [7, 11) is 0. The largest absolute Gasteiger partial charge is 0.481 e. The van der Waals surface area contributed by atoms with Gasteiger partial charge in [0.25, 0.3) is 0 Å². The second-order valence-corrected chi connectivity index (χ2v) is 6.22. The molecule has 1 saturated heterocycles. The van der Waals surface area contributed by atoms with Crippen molar-refractivity contribution in [2.75, 3.05) is 13.1 Å². The molecule has 1 aliphatic carbocycles. The summed E-state index contributed by atoms with van der Waals surface area (Å²) in [5.41, 5.74) is -0.581. The first-order valence-corrected chi connectivity index (χ1v) is 7.58. The van der Waals surface area contributed by atoms with Crippen LogP contribution in [-0.2, 0) is 9.59 Å². The molecule has 1 amide bonds. The Kier molecular flexibility index (Phi) is 4.48. The van der Waals surface area contributed by atoms with Gasteiger partial charge < -0.3 is 10.0 Å². The van der Waals surface area contributed by atoms with E-state index in [1.807, 2.05) is 11.8 Å². The van der Waals surface area contributed by atoms with E-state index in [1.54, 1.807) is 0 Å². The standard InChI is InChI=1S/C15H25NO3/c1-2-6-15(14(18)19)7-9-16(10-8-15)13(17)11-12-4-3-5-12/h12H,2-11H2,1H3,(H,18,19). The molecule has 0 bridgehead atoms. The summed E-state index contributed by atoms with van der Waals surface area (Å²) >= 11 is 0. The zero-order valence-corrected chi connectivity index (χ0v) is 11.9. The van der Waals surface area contributed by atoms with E-state index in [1.165, 1.54) is 19.3 Å². The van der Waals surface area contributed by atoms with Crippen molar-refractivity contribution in [2.24, 2.45) is 11.3 Å². The van der Waals surface area contributed by atoms with Gasteiger partial charge in [-0.2, -0.15) is 0 Å². The van der Waals surface area contributed by atoms with E-state index in [9.17, 15) is 14.7 Å². The molecule has 2 fully saturated rings. The first-order chi connectivity index (χ1) is 9.07. The van der Waals surface area contributed by atoms with Crippen molar-refractivity contribution >= 4 is 11.9 Å². The van der Waals surface area contributed by atoms with Crippen LogP contribution in [-0.4, -0.2) is 35.0 Å². The van der Waals surface area contributed by atoms with Crippen LogP contribution in [0.4, 0.5) is 0 Å². The molecule has 0 aromatic heterocycles. The second-order valence-electron chi connectivity index (χ2n) is 6.22. The number of carbonyl (C=O) groups is 2. The maximum atomic E-state index is 12.1. The Morgan fingerprint density at radius 3 is 2.32 bits per heavy atom. The smallest absolute Gasteiger partial charge is 0.309 e. The van der Waals surface area contributed by atoms with E-state index < -0.39 is 11.4 Å². The number of carboxylic acid groups (broad SMARTS) is 1. The van der Waals surface area contributed by atoms with Crippen LogP contribution in [0.2, 0.25) is 0 Å². The zero-order chi connectivity index (χ0) is 13.9. The van der Waals surface area contributed by atoms with Gasteiger partial charge in [-0.1, -0.05) is 19.8 Å². The van der Waals surface area contributed by atoms with Crippen LogP contribution in [0, 0.1) is 11.3 Å². The van der Waals surface area contributed by atoms with Crippen LogP contribution in [0.5, 0.6) is 0 Å². The Balaban J connectivity index is 1.86. The number of hydrogen-bond acceptors (Lipinski definition) is 2. The summed E-state index contributed by atoms with van der Waals surface area (Å²) in [6.45, 7) is 3.27. The van der Waals surface area contributed by atoms with Crippen LogP contribution in [0.1, 0.15) is 58.3 Å². The highest BCUT2D eigenvalue weighted by atomic mass is 16.4. The van der Waals surface area contributed by atoms with Crippen LogP contribution in [0.25, 0.3) is 0 Å². The summed E-state index contributed by atoms with van der Waals surface area (Å²) in [6, 6.07) is 0. The number of piperidine rings is 1. The van der Waals surface area contributed by atoms with E-state index in [2.05, 4.69) is 0 Å². The number of likely N-dealkylation sites (tertiary alicyclic amines) is 1. The molecule has 19 heavy (non-hydrogen) atoms. The molecule has 108 valence electrons. The molecule has 1 heterocycles. The fraction of sp³-hybridized carbons (Fsp3) is 0.867. The molecule has 0 aromatic carbocycles. The lowest BCUT2D eigenvalue weighted by molar-refractivity contribution is -0.155. The van der Waals surface area contributed by atoms with E-state index in [0.717, 1.165) is 12.8 Å². The average molecular weight is 267 g/mol. The number of carboxylic acids is 1. The summed E-state index contributed by atoms with van der Waals surface area (Å²) in [6.07, 6.45) is 7.17. The predicted octanol–water partition coefficient (Wildman–Crippen LogP) is 2.67. The average Bonchev–Trinajstić information content (AvgIpc) is 2.34. The molecule has 2 rings (SSSR count). The lowest BCUT2D eigenvalue weighted by Crippen LogP contribution is -2.47. The molecule has 0 atom stereocenters. The first-order valence-electron chi connectivity index (χ1n) is 7.58. The van der Waals surface area contributed by atoms with Crippen molar-refractivity contribution in [2.45, 2.75) is 58.3 Å². The Bertz CT molecular complexity index is 341. The van der Waals surface area contributed by atoms with E-state index in [4.69, 9.17) is 0 Å². The number of amides is 1. The number of hydrogen-bond donors (Lipinski definition) is 1. The van der Waals surface area contributed by atoms with Gasteiger partial charge in [-0.15, -0.1) is 0 Å². The van der Waals surface area contributed by atoms with Gasteiger partial charge in [-0.25, -0.2) is 0 Å². The Labute approximate surface area is 115 Å². The van der Waals surface area contributed by atoms with Crippen molar-refractivity contribution in [3.05, 3.63) is 0 Å². The maximum Gasteiger partial charge on any atom is 0.309 e. The van der Waals surface area contributed by atoms with E-state index >= 15 is 0 Å². The molecule has 0 unspecified atom stereocenters. The molecule has 1 aliphatic heterocycles. The predicted molar refractivity (Wildman–Crippen MR) is 72.7 cm³/mol. The lowest BCUT2D eigenvalue weighted by Gasteiger charge is -2.39. The van der Waals surface area contributed by atoms with Crippen LogP contribution in [0.15, 0.2) is 0 Å². The van der Waals surface area contributed by atoms with Crippen molar-refractivity contribution in [3.8, 4) is 0 Å². The molecule has 0 spiro atoms. The number of nitrogens with zero attached hydrogens (tertiary/aromatic N) is 1. The summed E-state index contributed by atoms with van der Waals surface area (Å²) in [5, 5.41) is 9.43. The third-order valence-electron chi connectivity index (χ3n) is 4.94. The Morgan fingerprint density at radius 2 is 1.89 bits per heavy atom. The van der Waals surface area contributed by atoms with Crippen molar-refractivity contribution < 1.29 is 14.7 Å². The Hall–Kier alpha value is -1.06. The van der Waals surface area contributed by atoms with Gasteiger partial charge in [0.15, 0.2) is 0 Å². The maximum absolute atomic E-state index is 12.1. The molecular formula is C15H25NO3. The molecule has 0 radical (unpaired) electrons. The molecule has 4 heteroatoms. The van der Waals surface area contributed by atoms with Crippen LogP contribution in [0.3, 0.4) is 0 Å². The minimum absolute atomic E-state index is 0.236. The molecular weight excluding hydrogens is 242 g/mol. The quantitative estimate of drug-likeness (QED) is 0.833. The third-order valence-corrected chi connectivity index (χ3v) is 4.94. The lowest BCUT2D eigenvalue weighted by atomic mass is 9.74. The first kappa shape index (κ1) is 14.4. The number of carbonyl (C=O) groups excluding carboxylic acids is 1. The van der Waals surface area contributed by atoms with Gasteiger partial charge >= 0.3 is 5.97 Å². The van der Waals surface area contributed by atoms with Gasteiger partial charge in [-0.3, -0.25) is 9.59 Å². The summed E-state index contributed by atoms with van der Waals surface area (Å²) in [5.74, 6) is 0.148. The van der Waals surface area contributed by atoms with Crippen molar-refractivity contribution in [1.82, 2.24) is 4.90 Å².